The first-order valence-electron chi connectivity index (χ1n) is 10.1. The molecule has 0 radical (unpaired) electrons. The van der Waals surface area contributed by atoms with Crippen molar-refractivity contribution in [2.45, 2.75) is 32.4 Å². The van der Waals surface area contributed by atoms with Crippen LogP contribution in [0, 0.1) is 0 Å². The van der Waals surface area contributed by atoms with Crippen molar-refractivity contribution in [2.75, 3.05) is 18.4 Å². The van der Waals surface area contributed by atoms with Gasteiger partial charge in [-0.1, -0.05) is 44.2 Å². The second kappa shape index (κ2) is 7.12. The summed E-state index contributed by atoms with van der Waals surface area (Å²) >= 11 is 0. The molecule has 4 nitrogen and oxygen atoms in total. The zero-order chi connectivity index (χ0) is 19.8. The van der Waals surface area contributed by atoms with E-state index < -0.39 is 0 Å². The molecular formula is C25H26N2O2. The number of benzene rings is 3. The molecule has 3 aromatic carbocycles. The molecule has 0 saturated heterocycles. The van der Waals surface area contributed by atoms with E-state index in [0.717, 1.165) is 24.6 Å². The largest absolute Gasteiger partial charge is 0.478 e. The van der Waals surface area contributed by atoms with E-state index in [9.17, 15) is 0 Å². The molecule has 0 aromatic heterocycles. The third-order valence-electron chi connectivity index (χ3n) is 6.07. The SMILES string of the molecule is CC(C)(c1ccc2c(c1)CNCO2)c1ccc2c(c1)CN(c1ccccc1)CO2. The van der Waals surface area contributed by atoms with E-state index >= 15 is 0 Å². The summed E-state index contributed by atoms with van der Waals surface area (Å²) in [6.07, 6.45) is 0. The Bertz CT molecular complexity index is 1030. The van der Waals surface area contributed by atoms with Crippen molar-refractivity contribution >= 4 is 5.69 Å². The van der Waals surface area contributed by atoms with Crippen LogP contribution in [0.3, 0.4) is 0 Å². The zero-order valence-electron chi connectivity index (χ0n) is 16.9. The maximum Gasteiger partial charge on any atom is 0.161 e. The monoisotopic (exact) mass is 386 g/mol. The maximum atomic E-state index is 6.04. The Balaban J connectivity index is 1.46. The molecule has 29 heavy (non-hydrogen) atoms. The molecule has 5 rings (SSSR count). The van der Waals surface area contributed by atoms with Crippen LogP contribution < -0.4 is 19.7 Å². The fraction of sp³-hybridized carbons (Fsp3) is 0.280. The number of para-hydroxylation sites is 1. The van der Waals surface area contributed by atoms with Crippen molar-refractivity contribution in [3.8, 4) is 11.5 Å². The summed E-state index contributed by atoms with van der Waals surface area (Å²) in [5, 5.41) is 3.28. The number of anilines is 1. The number of nitrogens with one attached hydrogen (secondary N) is 1. The molecule has 3 aromatic rings. The van der Waals surface area contributed by atoms with Crippen LogP contribution >= 0.6 is 0 Å². The Morgan fingerprint density at radius 1 is 0.828 bits per heavy atom. The molecule has 0 amide bonds. The number of nitrogens with zero attached hydrogens (tertiary/aromatic N) is 1. The number of ether oxygens (including phenoxy) is 2. The van der Waals surface area contributed by atoms with Crippen LogP contribution in [0.15, 0.2) is 66.7 Å². The van der Waals surface area contributed by atoms with Crippen LogP contribution in [-0.2, 0) is 18.5 Å². The highest BCUT2D eigenvalue weighted by Gasteiger charge is 2.27. The minimum Gasteiger partial charge on any atom is -0.478 e. The lowest BCUT2D eigenvalue weighted by Crippen LogP contribution is -2.32. The molecule has 1 N–H and O–H groups in total. The van der Waals surface area contributed by atoms with Crippen molar-refractivity contribution in [2.24, 2.45) is 0 Å². The molecule has 0 saturated carbocycles. The van der Waals surface area contributed by atoms with Crippen LogP contribution in [0.2, 0.25) is 0 Å². The highest BCUT2D eigenvalue weighted by molar-refractivity contribution is 5.52. The summed E-state index contributed by atoms with van der Waals surface area (Å²) in [6, 6.07) is 23.6. The van der Waals surface area contributed by atoms with E-state index in [1.54, 1.807) is 0 Å². The molecule has 0 bridgehead atoms. The smallest absolute Gasteiger partial charge is 0.161 e. The Labute approximate surface area is 172 Å². The van der Waals surface area contributed by atoms with Crippen LogP contribution in [0.4, 0.5) is 5.69 Å². The second-order valence-corrected chi connectivity index (χ2v) is 8.29. The Morgan fingerprint density at radius 3 is 2.28 bits per heavy atom. The average Bonchev–Trinajstić information content (AvgIpc) is 2.78. The Kier molecular flexibility index (Phi) is 4.44. The quantitative estimate of drug-likeness (QED) is 0.701. The van der Waals surface area contributed by atoms with Gasteiger partial charge in [0.2, 0.25) is 0 Å². The normalized spacial score (nSPS) is 15.7. The van der Waals surface area contributed by atoms with Gasteiger partial charge in [0.25, 0.3) is 0 Å². The van der Waals surface area contributed by atoms with Gasteiger partial charge in [-0.3, -0.25) is 5.32 Å². The van der Waals surface area contributed by atoms with Crippen molar-refractivity contribution in [3.63, 3.8) is 0 Å². The fourth-order valence-corrected chi connectivity index (χ4v) is 4.16. The number of rotatable bonds is 3. The topological polar surface area (TPSA) is 33.7 Å². The van der Waals surface area contributed by atoms with Gasteiger partial charge in [-0.25, -0.2) is 0 Å². The number of hydrogen-bond donors (Lipinski definition) is 1. The second-order valence-electron chi connectivity index (χ2n) is 8.29. The molecule has 0 spiro atoms. The van der Waals surface area contributed by atoms with E-state index in [-0.39, 0.29) is 5.41 Å². The molecule has 2 aliphatic rings. The average molecular weight is 386 g/mol. The predicted octanol–water partition coefficient (Wildman–Crippen LogP) is 4.81. The van der Waals surface area contributed by atoms with Gasteiger partial charge < -0.3 is 14.4 Å². The molecule has 2 aliphatic heterocycles. The van der Waals surface area contributed by atoms with E-state index in [1.807, 2.05) is 6.07 Å². The Morgan fingerprint density at radius 2 is 1.52 bits per heavy atom. The minimum absolute atomic E-state index is 0.115. The van der Waals surface area contributed by atoms with Crippen molar-refractivity contribution in [1.82, 2.24) is 5.32 Å². The highest BCUT2D eigenvalue weighted by Crippen LogP contribution is 2.38. The maximum absolute atomic E-state index is 6.04. The molecule has 4 heteroatoms. The lowest BCUT2D eigenvalue weighted by Gasteiger charge is -2.33. The fourth-order valence-electron chi connectivity index (χ4n) is 4.16. The third kappa shape index (κ3) is 3.34. The molecule has 2 heterocycles. The lowest BCUT2D eigenvalue weighted by atomic mass is 9.77. The van der Waals surface area contributed by atoms with Gasteiger partial charge in [0.15, 0.2) is 6.73 Å². The molecule has 0 unspecified atom stereocenters. The van der Waals surface area contributed by atoms with Gasteiger partial charge in [-0.2, -0.15) is 0 Å². The number of fused-ring (bicyclic) bond motifs is 2. The van der Waals surface area contributed by atoms with Gasteiger partial charge >= 0.3 is 0 Å². The molecular weight excluding hydrogens is 360 g/mol. The van der Waals surface area contributed by atoms with Gasteiger partial charge in [-0.15, -0.1) is 0 Å². The number of hydrogen-bond acceptors (Lipinski definition) is 4. The van der Waals surface area contributed by atoms with E-state index in [2.05, 4.69) is 84.7 Å². The van der Waals surface area contributed by atoms with Gasteiger partial charge in [0, 0.05) is 35.3 Å². The van der Waals surface area contributed by atoms with Gasteiger partial charge in [0.05, 0.1) is 0 Å². The van der Waals surface area contributed by atoms with E-state index in [0.29, 0.717) is 13.5 Å². The summed E-state index contributed by atoms with van der Waals surface area (Å²) in [5.41, 5.74) is 6.10. The van der Waals surface area contributed by atoms with Crippen LogP contribution in [0.5, 0.6) is 11.5 Å². The van der Waals surface area contributed by atoms with Crippen LogP contribution in [0.1, 0.15) is 36.1 Å². The standard InChI is InChI=1S/C25H26N2O2/c1-25(2,20-8-10-23-18(12-20)14-26-16-28-23)21-9-11-24-19(13-21)15-27(17-29-24)22-6-4-3-5-7-22/h3-13,26H,14-17H2,1-2H3. The minimum atomic E-state index is -0.115. The molecule has 0 fully saturated rings. The highest BCUT2D eigenvalue weighted by atomic mass is 16.5. The third-order valence-corrected chi connectivity index (χ3v) is 6.07. The summed E-state index contributed by atoms with van der Waals surface area (Å²) in [7, 11) is 0. The summed E-state index contributed by atoms with van der Waals surface area (Å²) < 4.78 is 11.7. The van der Waals surface area contributed by atoms with Gasteiger partial charge in [0.1, 0.15) is 18.2 Å². The molecule has 0 aliphatic carbocycles. The molecule has 148 valence electrons. The predicted molar refractivity (Wildman–Crippen MR) is 115 cm³/mol. The van der Waals surface area contributed by atoms with Crippen molar-refractivity contribution in [1.29, 1.82) is 0 Å². The van der Waals surface area contributed by atoms with Gasteiger partial charge in [-0.05, 0) is 47.5 Å². The van der Waals surface area contributed by atoms with E-state index in [1.165, 1.54) is 27.9 Å². The summed E-state index contributed by atoms with van der Waals surface area (Å²) in [6.45, 7) is 7.43. The first kappa shape index (κ1) is 18.1. The zero-order valence-corrected chi connectivity index (χ0v) is 16.9. The van der Waals surface area contributed by atoms with Crippen molar-refractivity contribution < 1.29 is 9.47 Å². The van der Waals surface area contributed by atoms with E-state index in [4.69, 9.17) is 9.47 Å². The summed E-state index contributed by atoms with van der Waals surface area (Å²) in [4.78, 5) is 2.26. The summed E-state index contributed by atoms with van der Waals surface area (Å²) in [5.74, 6) is 1.97. The van der Waals surface area contributed by atoms with Crippen LogP contribution in [0.25, 0.3) is 0 Å². The molecule has 0 atom stereocenters. The lowest BCUT2D eigenvalue weighted by molar-refractivity contribution is 0.257. The van der Waals surface area contributed by atoms with Crippen molar-refractivity contribution in [3.05, 3.63) is 89.0 Å². The first-order valence-corrected chi connectivity index (χ1v) is 10.1. The van der Waals surface area contributed by atoms with Crippen LogP contribution in [-0.4, -0.2) is 13.5 Å². The Hall–Kier alpha value is -2.98. The first-order chi connectivity index (χ1) is 14.1.